The fraction of sp³-hybridized carbons (Fsp3) is 0.444. The van der Waals surface area contributed by atoms with Crippen molar-refractivity contribution in [3.8, 4) is 10.4 Å². The van der Waals surface area contributed by atoms with Crippen LogP contribution in [0.1, 0.15) is 27.5 Å². The summed E-state index contributed by atoms with van der Waals surface area (Å²) < 4.78 is 0. The van der Waals surface area contributed by atoms with Gasteiger partial charge < -0.3 is 10.6 Å². The first-order valence-electron chi connectivity index (χ1n) is 8.14. The molecular weight excluding hydrogens is 306 g/mol. The molecule has 1 aliphatic heterocycles. The Labute approximate surface area is 140 Å². The van der Waals surface area contributed by atoms with Crippen LogP contribution in [-0.4, -0.2) is 34.9 Å². The maximum Gasteiger partial charge on any atom is 0.274 e. The number of aryl methyl sites for hydroxylation is 2. The van der Waals surface area contributed by atoms with E-state index in [9.17, 15) is 4.79 Å². The predicted molar refractivity (Wildman–Crippen MR) is 92.5 cm³/mol. The summed E-state index contributed by atoms with van der Waals surface area (Å²) in [4.78, 5) is 20.6. The molecule has 2 fully saturated rings. The fourth-order valence-corrected chi connectivity index (χ4v) is 4.63. The molecule has 23 heavy (non-hydrogen) atoms. The number of piperidine rings is 1. The van der Waals surface area contributed by atoms with Gasteiger partial charge in [0, 0.05) is 19.1 Å². The third-order valence-corrected chi connectivity index (χ3v) is 6.08. The molecule has 2 N–H and O–H groups in total. The highest BCUT2D eigenvalue weighted by atomic mass is 32.1. The lowest BCUT2D eigenvalue weighted by atomic mass is 10.1. The molecule has 1 aromatic heterocycles. The van der Waals surface area contributed by atoms with Gasteiger partial charge in [-0.3, -0.25) is 4.79 Å². The highest BCUT2D eigenvalue weighted by Crippen LogP contribution is 2.49. The third-order valence-electron chi connectivity index (χ3n) is 5.06. The molecule has 0 radical (unpaired) electrons. The van der Waals surface area contributed by atoms with Crippen molar-refractivity contribution in [1.29, 1.82) is 0 Å². The van der Waals surface area contributed by atoms with Crippen LogP contribution >= 0.6 is 11.3 Å². The van der Waals surface area contributed by atoms with Crippen LogP contribution < -0.4 is 5.73 Å². The summed E-state index contributed by atoms with van der Waals surface area (Å²) in [5, 5.41) is 0.928. The maximum absolute atomic E-state index is 13.1. The van der Waals surface area contributed by atoms with Crippen LogP contribution in [0.4, 0.5) is 0 Å². The van der Waals surface area contributed by atoms with Crippen LogP contribution in [0.5, 0.6) is 0 Å². The van der Waals surface area contributed by atoms with Gasteiger partial charge in [-0.2, -0.15) is 0 Å². The molecule has 1 aliphatic carbocycles. The Morgan fingerprint density at radius 2 is 2.09 bits per heavy atom. The second-order valence-corrected chi connectivity index (χ2v) is 7.90. The van der Waals surface area contributed by atoms with Crippen molar-refractivity contribution in [3.63, 3.8) is 0 Å². The monoisotopic (exact) mass is 327 g/mol. The summed E-state index contributed by atoms with van der Waals surface area (Å²) in [6.45, 7) is 5.42. The molecule has 5 heteroatoms. The van der Waals surface area contributed by atoms with E-state index in [1.165, 1.54) is 12.0 Å². The zero-order chi connectivity index (χ0) is 16.1. The average molecular weight is 327 g/mol. The van der Waals surface area contributed by atoms with E-state index in [4.69, 9.17) is 5.73 Å². The number of rotatable bonds is 3. The lowest BCUT2D eigenvalue weighted by Crippen LogP contribution is -2.43. The molecule has 4 rings (SSSR count). The number of benzene rings is 1. The molecule has 1 amide bonds. The number of fused-ring (bicyclic) bond motifs is 1. The lowest BCUT2D eigenvalue weighted by Gasteiger charge is -2.26. The summed E-state index contributed by atoms with van der Waals surface area (Å²) in [5.41, 5.74) is 8.79. The Bertz CT molecular complexity index is 752. The minimum absolute atomic E-state index is 0.0487. The van der Waals surface area contributed by atoms with Gasteiger partial charge in [0.1, 0.15) is 5.69 Å². The Balaban J connectivity index is 1.69. The second-order valence-electron chi connectivity index (χ2n) is 6.70. The lowest BCUT2D eigenvalue weighted by molar-refractivity contribution is 0.0708. The van der Waals surface area contributed by atoms with Crippen molar-refractivity contribution in [2.75, 3.05) is 13.1 Å². The van der Waals surface area contributed by atoms with Crippen molar-refractivity contribution in [1.82, 2.24) is 9.88 Å². The summed E-state index contributed by atoms with van der Waals surface area (Å²) in [6, 6.07) is 8.49. The molecule has 2 aromatic rings. The van der Waals surface area contributed by atoms with E-state index in [1.807, 2.05) is 11.8 Å². The van der Waals surface area contributed by atoms with Crippen LogP contribution in [0.15, 0.2) is 24.3 Å². The molecule has 1 saturated heterocycles. The van der Waals surface area contributed by atoms with E-state index in [0.29, 0.717) is 24.1 Å². The van der Waals surface area contributed by atoms with Crippen molar-refractivity contribution in [2.24, 2.45) is 17.6 Å². The predicted octanol–water partition coefficient (Wildman–Crippen LogP) is 2.85. The number of thiazole rings is 1. The summed E-state index contributed by atoms with van der Waals surface area (Å²) in [5.74, 6) is 1.33. The maximum atomic E-state index is 13.1. The smallest absolute Gasteiger partial charge is 0.274 e. The minimum atomic E-state index is 0.0487. The van der Waals surface area contributed by atoms with Gasteiger partial charge in [-0.1, -0.05) is 29.8 Å². The average Bonchev–Trinajstić information content (AvgIpc) is 3.04. The van der Waals surface area contributed by atoms with Crippen molar-refractivity contribution in [2.45, 2.75) is 26.3 Å². The van der Waals surface area contributed by atoms with E-state index in [0.717, 1.165) is 22.0 Å². The number of likely N-dealkylation sites (tertiary alicyclic amines) is 1. The molecule has 2 aliphatic rings. The molecule has 1 aromatic carbocycles. The van der Waals surface area contributed by atoms with Gasteiger partial charge >= 0.3 is 0 Å². The number of nitrogens with zero attached hydrogens (tertiary/aromatic N) is 2. The Morgan fingerprint density at radius 1 is 1.35 bits per heavy atom. The molecule has 120 valence electrons. The van der Waals surface area contributed by atoms with E-state index < -0.39 is 0 Å². The zero-order valence-electron chi connectivity index (χ0n) is 13.5. The topological polar surface area (TPSA) is 59.2 Å². The van der Waals surface area contributed by atoms with Crippen LogP contribution in [0.25, 0.3) is 10.4 Å². The minimum Gasteiger partial charge on any atom is -0.332 e. The number of aromatic nitrogens is 1. The first-order chi connectivity index (χ1) is 11.1. The van der Waals surface area contributed by atoms with E-state index in [1.54, 1.807) is 11.3 Å². The quantitative estimate of drug-likeness (QED) is 0.943. The zero-order valence-corrected chi connectivity index (χ0v) is 14.3. The van der Waals surface area contributed by atoms with Gasteiger partial charge in [0.05, 0.1) is 9.88 Å². The van der Waals surface area contributed by atoms with Gasteiger partial charge in [0.2, 0.25) is 0 Å². The first-order valence-corrected chi connectivity index (χ1v) is 8.95. The second kappa shape index (κ2) is 5.42. The number of nitrogens with two attached hydrogens (primary N) is 1. The van der Waals surface area contributed by atoms with Gasteiger partial charge in [-0.15, -0.1) is 11.3 Å². The number of hydrogen-bond donors (Lipinski definition) is 1. The number of carbonyl (C=O) groups is 1. The number of carbonyl (C=O) groups excluding carboxylic acids is 1. The van der Waals surface area contributed by atoms with Crippen molar-refractivity contribution >= 4 is 17.2 Å². The van der Waals surface area contributed by atoms with Crippen LogP contribution in [0.2, 0.25) is 0 Å². The standard InChI is InChI=1S/C18H21N3OS/c1-10-3-5-12(6-4-10)17-16(20-11(2)23-17)18(22)21-9-13-7-14(13)15(21)8-19/h3-6,13-15H,7-9,19H2,1-2H3/t13-,14-,15-/m1/s1. The highest BCUT2D eigenvalue weighted by molar-refractivity contribution is 7.15. The van der Waals surface area contributed by atoms with Gasteiger partial charge in [-0.25, -0.2) is 4.98 Å². The van der Waals surface area contributed by atoms with Gasteiger partial charge in [-0.05, 0) is 37.7 Å². The largest absolute Gasteiger partial charge is 0.332 e. The van der Waals surface area contributed by atoms with E-state index in [-0.39, 0.29) is 11.9 Å². The first kappa shape index (κ1) is 14.8. The third kappa shape index (κ3) is 2.48. The molecule has 2 heterocycles. The van der Waals surface area contributed by atoms with Gasteiger partial charge in [0.15, 0.2) is 0 Å². The summed E-state index contributed by atoms with van der Waals surface area (Å²) in [7, 11) is 0. The van der Waals surface area contributed by atoms with Crippen molar-refractivity contribution in [3.05, 3.63) is 40.5 Å². The number of hydrogen-bond acceptors (Lipinski definition) is 4. The molecule has 3 atom stereocenters. The van der Waals surface area contributed by atoms with Crippen LogP contribution in [-0.2, 0) is 0 Å². The highest BCUT2D eigenvalue weighted by Gasteiger charge is 2.53. The normalized spacial score (nSPS) is 25.5. The molecule has 0 spiro atoms. The fourth-order valence-electron chi connectivity index (χ4n) is 3.72. The molecule has 1 saturated carbocycles. The van der Waals surface area contributed by atoms with Crippen molar-refractivity contribution < 1.29 is 4.79 Å². The molecule has 0 unspecified atom stereocenters. The van der Waals surface area contributed by atoms with Crippen LogP contribution in [0.3, 0.4) is 0 Å². The Morgan fingerprint density at radius 3 is 2.78 bits per heavy atom. The Hall–Kier alpha value is -1.72. The number of amides is 1. The summed E-state index contributed by atoms with van der Waals surface area (Å²) in [6.07, 6.45) is 1.23. The van der Waals surface area contributed by atoms with Crippen LogP contribution in [0, 0.1) is 25.7 Å². The van der Waals surface area contributed by atoms with E-state index in [2.05, 4.69) is 36.2 Å². The molecule has 4 nitrogen and oxygen atoms in total. The molecular formula is C18H21N3OS. The molecule has 0 bridgehead atoms. The Kier molecular flexibility index (Phi) is 3.50. The van der Waals surface area contributed by atoms with Gasteiger partial charge in [0.25, 0.3) is 5.91 Å². The SMILES string of the molecule is Cc1ccc(-c2sc(C)nc2C(=O)N2C[C@H]3C[C@H]3[C@H]2CN)cc1. The summed E-state index contributed by atoms with van der Waals surface area (Å²) >= 11 is 1.59. The van der Waals surface area contributed by atoms with E-state index >= 15 is 0 Å².